The molecule has 0 spiro atoms. The first-order chi connectivity index (χ1) is 8.56. The Hall–Kier alpha value is 0.130. The van der Waals surface area contributed by atoms with E-state index in [1.54, 1.807) is 0 Å². The minimum absolute atomic E-state index is 0.136. The molecule has 1 fully saturated rings. The van der Waals surface area contributed by atoms with Gasteiger partial charge in [-0.3, -0.25) is 0 Å². The molecular weight excluding hydrogens is 268 g/mol. The number of carbonyl (C=O) groups excluding carboxylic acids is 1. The summed E-state index contributed by atoms with van der Waals surface area (Å²) in [6, 6.07) is 0. The van der Waals surface area contributed by atoms with Gasteiger partial charge in [0.05, 0.1) is 6.10 Å². The van der Waals surface area contributed by atoms with Crippen LogP contribution >= 0.6 is 11.8 Å². The van der Waals surface area contributed by atoms with Crippen LogP contribution in [0.15, 0.2) is 0 Å². The van der Waals surface area contributed by atoms with Crippen molar-refractivity contribution >= 4 is 28.9 Å². The highest BCUT2D eigenvalue weighted by Crippen LogP contribution is 2.32. The molecule has 1 saturated carbocycles. The van der Waals surface area contributed by atoms with Crippen molar-refractivity contribution in [3.63, 3.8) is 0 Å². The predicted octanol–water partition coefficient (Wildman–Crippen LogP) is 3.10. The molecule has 0 saturated heterocycles. The van der Waals surface area contributed by atoms with E-state index in [4.69, 9.17) is 4.74 Å². The number of hydrogen-bond donors (Lipinski definition) is 0. The van der Waals surface area contributed by atoms with E-state index in [0.717, 1.165) is 37.9 Å². The molecule has 106 valence electrons. The van der Waals surface area contributed by atoms with Gasteiger partial charge in [0.25, 0.3) is 4.58 Å². The molecule has 18 heavy (non-hydrogen) atoms. The van der Waals surface area contributed by atoms with E-state index >= 15 is 0 Å². The van der Waals surface area contributed by atoms with Gasteiger partial charge in [-0.2, -0.15) is 0 Å². The van der Waals surface area contributed by atoms with Crippen LogP contribution in [0.5, 0.6) is 0 Å². The number of thioether (sulfide) groups is 1. The van der Waals surface area contributed by atoms with E-state index in [1.165, 1.54) is 11.8 Å². The fourth-order valence-corrected chi connectivity index (χ4v) is 5.37. The van der Waals surface area contributed by atoms with E-state index in [1.807, 2.05) is 13.8 Å². The van der Waals surface area contributed by atoms with Crippen molar-refractivity contribution in [3.05, 3.63) is 0 Å². The summed E-state index contributed by atoms with van der Waals surface area (Å²) in [5, 5.41) is 0.194. The van der Waals surface area contributed by atoms with Gasteiger partial charge in [-0.25, -0.2) is 4.79 Å². The minimum atomic E-state index is -1.09. The molecule has 5 heteroatoms. The molecule has 2 atom stereocenters. The Kier molecular flexibility index (Phi) is 7.49. The molecule has 1 rings (SSSR count). The number of rotatable bonds is 7. The second-order valence-electron chi connectivity index (χ2n) is 4.92. The van der Waals surface area contributed by atoms with Crippen molar-refractivity contribution in [1.82, 2.24) is 0 Å². The van der Waals surface area contributed by atoms with Crippen LogP contribution in [0, 0.1) is 0 Å². The van der Waals surface area contributed by atoms with E-state index in [-0.39, 0.29) is 17.3 Å². The van der Waals surface area contributed by atoms with E-state index in [2.05, 4.69) is 6.92 Å². The number of ether oxygens (including phenoxy) is 1. The molecule has 0 bridgehead atoms. The third-order valence-corrected chi connectivity index (χ3v) is 6.72. The van der Waals surface area contributed by atoms with Crippen LogP contribution in [0.2, 0.25) is 0 Å². The van der Waals surface area contributed by atoms with Crippen molar-refractivity contribution in [1.29, 1.82) is 0 Å². The highest BCUT2D eigenvalue weighted by atomic mass is 32.3. The maximum Gasteiger partial charge on any atom is 0.370 e. The predicted molar refractivity (Wildman–Crippen MR) is 78.2 cm³/mol. The van der Waals surface area contributed by atoms with E-state index in [0.29, 0.717) is 0 Å². The van der Waals surface area contributed by atoms with Crippen molar-refractivity contribution in [2.75, 3.05) is 5.75 Å². The summed E-state index contributed by atoms with van der Waals surface area (Å²) >= 11 is 0.399. The molecule has 3 nitrogen and oxygen atoms in total. The Morgan fingerprint density at radius 2 is 2.06 bits per heavy atom. The van der Waals surface area contributed by atoms with Crippen molar-refractivity contribution in [2.24, 2.45) is 0 Å². The summed E-state index contributed by atoms with van der Waals surface area (Å²) in [4.78, 5) is 12.0. The topological polar surface area (TPSA) is 49.4 Å². The molecular formula is C13H24O3S2. The quantitative estimate of drug-likeness (QED) is 0.534. The fourth-order valence-electron chi connectivity index (χ4n) is 2.04. The zero-order chi connectivity index (χ0) is 13.5. The lowest BCUT2D eigenvalue weighted by molar-refractivity contribution is -0.144. The second kappa shape index (κ2) is 8.33. The van der Waals surface area contributed by atoms with Crippen LogP contribution in [0.25, 0.3) is 0 Å². The third kappa shape index (κ3) is 5.02. The van der Waals surface area contributed by atoms with Crippen LogP contribution in [-0.2, 0) is 20.7 Å². The van der Waals surface area contributed by atoms with Gasteiger partial charge in [0.2, 0.25) is 0 Å². The van der Waals surface area contributed by atoms with Gasteiger partial charge in [0.15, 0.2) is 0 Å². The SMILES string of the molecule is CCCSC(C(=O)OC(C)C)[S+]([O-])C1CCCC1. The lowest BCUT2D eigenvalue weighted by Crippen LogP contribution is -2.36. The minimum Gasteiger partial charge on any atom is -0.615 e. The van der Waals surface area contributed by atoms with E-state index in [9.17, 15) is 9.35 Å². The van der Waals surface area contributed by atoms with Crippen LogP contribution in [0.3, 0.4) is 0 Å². The number of carbonyl (C=O) groups is 1. The van der Waals surface area contributed by atoms with Crippen LogP contribution in [0.4, 0.5) is 0 Å². The van der Waals surface area contributed by atoms with Gasteiger partial charge in [0, 0.05) is 0 Å². The van der Waals surface area contributed by atoms with Gasteiger partial charge >= 0.3 is 5.97 Å². The maximum atomic E-state index is 12.5. The Labute approximate surface area is 118 Å². The molecule has 1 aliphatic rings. The lowest BCUT2D eigenvalue weighted by atomic mass is 10.4. The van der Waals surface area contributed by atoms with Crippen molar-refractivity contribution in [3.8, 4) is 0 Å². The Balaban J connectivity index is 2.60. The number of hydrogen-bond acceptors (Lipinski definition) is 4. The van der Waals surface area contributed by atoms with Crippen molar-refractivity contribution in [2.45, 2.75) is 68.8 Å². The molecule has 0 radical (unpaired) electrons. The molecule has 0 aromatic rings. The summed E-state index contributed by atoms with van der Waals surface area (Å²) < 4.78 is 17.2. The zero-order valence-electron chi connectivity index (χ0n) is 11.5. The van der Waals surface area contributed by atoms with Gasteiger partial charge in [-0.15, -0.1) is 0 Å². The summed E-state index contributed by atoms with van der Waals surface area (Å²) in [5.41, 5.74) is 0. The monoisotopic (exact) mass is 292 g/mol. The summed E-state index contributed by atoms with van der Waals surface area (Å²) in [5.74, 6) is 0.560. The first-order valence-corrected chi connectivity index (χ1v) is 9.10. The smallest absolute Gasteiger partial charge is 0.370 e. The Morgan fingerprint density at radius 3 is 2.56 bits per heavy atom. The van der Waals surface area contributed by atoms with Gasteiger partial charge in [-0.05, 0) is 62.9 Å². The molecule has 1 aliphatic carbocycles. The average molecular weight is 292 g/mol. The third-order valence-electron chi connectivity index (χ3n) is 2.86. The average Bonchev–Trinajstić information content (AvgIpc) is 2.81. The first-order valence-electron chi connectivity index (χ1n) is 6.77. The van der Waals surface area contributed by atoms with Crippen LogP contribution in [0.1, 0.15) is 52.9 Å². The summed E-state index contributed by atoms with van der Waals surface area (Å²) in [6.07, 6.45) is 5.11. The molecule has 0 heterocycles. The van der Waals surface area contributed by atoms with Crippen LogP contribution < -0.4 is 0 Å². The largest absolute Gasteiger partial charge is 0.615 e. The molecule has 0 aliphatic heterocycles. The van der Waals surface area contributed by atoms with Crippen molar-refractivity contribution < 1.29 is 14.1 Å². The van der Waals surface area contributed by atoms with Gasteiger partial charge in [-0.1, -0.05) is 18.7 Å². The van der Waals surface area contributed by atoms with E-state index < -0.39 is 15.8 Å². The summed E-state index contributed by atoms with van der Waals surface area (Å²) in [6.45, 7) is 5.73. The first kappa shape index (κ1) is 16.2. The molecule has 2 unspecified atom stereocenters. The molecule has 0 N–H and O–H groups in total. The molecule has 0 amide bonds. The molecule has 0 aromatic heterocycles. The Morgan fingerprint density at radius 1 is 1.44 bits per heavy atom. The summed E-state index contributed by atoms with van der Waals surface area (Å²) in [7, 11) is 0. The lowest BCUT2D eigenvalue weighted by Gasteiger charge is -2.24. The van der Waals surface area contributed by atoms with Crippen LogP contribution in [-0.4, -0.2) is 32.2 Å². The maximum absolute atomic E-state index is 12.5. The van der Waals surface area contributed by atoms with Gasteiger partial charge < -0.3 is 9.29 Å². The Bertz CT molecular complexity index is 253. The highest BCUT2D eigenvalue weighted by molar-refractivity contribution is 8.14. The standard InChI is InChI=1S/C13H24O3S2/c1-4-9-17-13(12(14)16-10(2)3)18(15)11-7-5-6-8-11/h10-11,13H,4-9H2,1-3H3. The fraction of sp³-hybridized carbons (Fsp3) is 0.923. The molecule has 0 aromatic carbocycles. The number of esters is 1. The highest BCUT2D eigenvalue weighted by Gasteiger charge is 2.39. The van der Waals surface area contributed by atoms with Gasteiger partial charge in [0.1, 0.15) is 5.25 Å². The second-order valence-corrected chi connectivity index (χ2v) is 8.23. The normalized spacial score (nSPS) is 20.1. The zero-order valence-corrected chi connectivity index (χ0v) is 13.1.